The van der Waals surface area contributed by atoms with Crippen LogP contribution in [0.25, 0.3) is 27.7 Å². The highest BCUT2D eigenvalue weighted by Gasteiger charge is 2.26. The molecule has 5 nitrogen and oxygen atoms in total. The van der Waals surface area contributed by atoms with Crippen molar-refractivity contribution in [1.82, 2.24) is 19.6 Å². The van der Waals surface area contributed by atoms with Crippen molar-refractivity contribution in [3.8, 4) is 22.8 Å². The Morgan fingerprint density at radius 1 is 1.15 bits per heavy atom. The van der Waals surface area contributed by atoms with Gasteiger partial charge in [-0.2, -0.15) is 0 Å². The van der Waals surface area contributed by atoms with Crippen LogP contribution in [0.5, 0.6) is 5.88 Å². The maximum absolute atomic E-state index is 14.1. The number of halogens is 1. The summed E-state index contributed by atoms with van der Waals surface area (Å²) < 4.78 is 17.5. The summed E-state index contributed by atoms with van der Waals surface area (Å²) in [6.07, 6.45) is 4.21. The van der Waals surface area contributed by atoms with E-state index >= 15 is 0 Å². The third kappa shape index (κ3) is 2.22. The number of hydrogen-bond acceptors (Lipinski definition) is 3. The Balaban J connectivity index is 1.61. The van der Waals surface area contributed by atoms with Gasteiger partial charge in [-0.25, -0.2) is 9.07 Å². The molecule has 0 spiro atoms. The Morgan fingerprint density at radius 2 is 1.96 bits per heavy atom. The zero-order chi connectivity index (χ0) is 17.8. The summed E-state index contributed by atoms with van der Waals surface area (Å²) in [7, 11) is 0. The molecule has 0 aliphatic heterocycles. The van der Waals surface area contributed by atoms with E-state index < -0.39 is 0 Å². The summed E-state index contributed by atoms with van der Waals surface area (Å²) in [6, 6.07) is 12.7. The van der Waals surface area contributed by atoms with Gasteiger partial charge in [0.15, 0.2) is 5.88 Å². The predicted octanol–water partition coefficient (Wildman–Crippen LogP) is 4.38. The van der Waals surface area contributed by atoms with Gasteiger partial charge in [-0.05, 0) is 44.0 Å². The van der Waals surface area contributed by atoms with E-state index in [9.17, 15) is 9.50 Å². The molecule has 0 bridgehead atoms. The molecule has 0 radical (unpaired) electrons. The molecule has 0 amide bonds. The van der Waals surface area contributed by atoms with E-state index in [0.29, 0.717) is 23.3 Å². The topological polar surface area (TPSA) is 55.9 Å². The molecular formula is C20H17FN4O. The lowest BCUT2D eigenvalue weighted by atomic mass is 10.1. The predicted molar refractivity (Wildman–Crippen MR) is 96.9 cm³/mol. The molecule has 0 atom stereocenters. The van der Waals surface area contributed by atoms with Crippen molar-refractivity contribution in [3.63, 3.8) is 0 Å². The first-order chi connectivity index (χ1) is 12.6. The average Bonchev–Trinajstić information content (AvgIpc) is 3.34. The van der Waals surface area contributed by atoms with Crippen molar-refractivity contribution in [1.29, 1.82) is 0 Å². The van der Waals surface area contributed by atoms with Crippen LogP contribution < -0.4 is 0 Å². The standard InChI is InChI=1S/C20H17FN4O/c1-12-19(22-23-25(12)18-5-3-2-4-17(18)21)13-6-9-16-14(10-13)11-24(20(16)26)15-7-8-15/h2-6,9-11,15,26H,7-8H2,1H3. The molecule has 0 unspecified atom stereocenters. The van der Waals surface area contributed by atoms with Crippen molar-refractivity contribution in [2.45, 2.75) is 25.8 Å². The maximum Gasteiger partial charge on any atom is 0.199 e. The largest absolute Gasteiger partial charge is 0.494 e. The minimum Gasteiger partial charge on any atom is -0.494 e. The number of nitrogens with zero attached hydrogens (tertiary/aromatic N) is 4. The third-order valence-electron chi connectivity index (χ3n) is 5.00. The van der Waals surface area contributed by atoms with Crippen LogP contribution in [-0.2, 0) is 0 Å². The van der Waals surface area contributed by atoms with Crippen molar-refractivity contribution < 1.29 is 9.50 Å². The van der Waals surface area contributed by atoms with Gasteiger partial charge in [0.1, 0.15) is 17.2 Å². The molecule has 6 heteroatoms. The zero-order valence-corrected chi connectivity index (χ0v) is 14.2. The average molecular weight is 348 g/mol. The van der Waals surface area contributed by atoms with E-state index in [1.807, 2.05) is 35.9 Å². The molecule has 0 saturated heterocycles. The lowest BCUT2D eigenvalue weighted by Gasteiger charge is -2.05. The molecule has 130 valence electrons. The molecule has 2 heterocycles. The molecule has 26 heavy (non-hydrogen) atoms. The second kappa shape index (κ2) is 5.42. The highest BCUT2D eigenvalue weighted by Crippen LogP contribution is 2.42. The number of aromatic nitrogens is 4. The highest BCUT2D eigenvalue weighted by atomic mass is 19.1. The van der Waals surface area contributed by atoms with Gasteiger partial charge in [-0.1, -0.05) is 23.4 Å². The molecule has 5 rings (SSSR count). The van der Waals surface area contributed by atoms with Gasteiger partial charge < -0.3 is 9.67 Å². The molecule has 4 aromatic rings. The van der Waals surface area contributed by atoms with Crippen LogP contribution >= 0.6 is 0 Å². The summed E-state index contributed by atoms with van der Waals surface area (Å²) in [4.78, 5) is 0. The van der Waals surface area contributed by atoms with Gasteiger partial charge in [0.2, 0.25) is 0 Å². The van der Waals surface area contributed by atoms with Crippen LogP contribution in [0, 0.1) is 12.7 Å². The Morgan fingerprint density at radius 3 is 2.73 bits per heavy atom. The van der Waals surface area contributed by atoms with Crippen LogP contribution in [0.3, 0.4) is 0 Å². The normalized spacial score (nSPS) is 14.2. The summed E-state index contributed by atoms with van der Waals surface area (Å²) in [5.74, 6) is -0.0188. The minimum absolute atomic E-state index is 0.320. The smallest absolute Gasteiger partial charge is 0.199 e. The number of rotatable bonds is 3. The molecule has 2 aromatic heterocycles. The zero-order valence-electron chi connectivity index (χ0n) is 14.2. The molecule has 1 aliphatic carbocycles. The van der Waals surface area contributed by atoms with Crippen LogP contribution in [0.4, 0.5) is 4.39 Å². The molecule has 1 N–H and O–H groups in total. The quantitative estimate of drug-likeness (QED) is 0.598. The van der Waals surface area contributed by atoms with Gasteiger partial charge in [-0.3, -0.25) is 0 Å². The molecule has 1 fully saturated rings. The van der Waals surface area contributed by atoms with Gasteiger partial charge >= 0.3 is 0 Å². The van der Waals surface area contributed by atoms with E-state index in [1.165, 1.54) is 10.7 Å². The van der Waals surface area contributed by atoms with Crippen molar-refractivity contribution in [2.75, 3.05) is 0 Å². The number of benzene rings is 2. The van der Waals surface area contributed by atoms with E-state index in [4.69, 9.17) is 0 Å². The van der Waals surface area contributed by atoms with Crippen molar-refractivity contribution in [3.05, 3.63) is 60.2 Å². The molecular weight excluding hydrogens is 331 g/mol. The van der Waals surface area contributed by atoms with Crippen LogP contribution in [-0.4, -0.2) is 24.7 Å². The molecule has 1 saturated carbocycles. The fraction of sp³-hybridized carbons (Fsp3) is 0.200. The lowest BCUT2D eigenvalue weighted by molar-refractivity contribution is 0.424. The Labute approximate surface area is 149 Å². The fourth-order valence-corrected chi connectivity index (χ4v) is 3.45. The number of fused-ring (bicyclic) bond motifs is 1. The lowest BCUT2D eigenvalue weighted by Crippen LogP contribution is -2.01. The monoisotopic (exact) mass is 348 g/mol. The minimum atomic E-state index is -0.339. The van der Waals surface area contributed by atoms with E-state index in [0.717, 1.165) is 34.9 Å². The highest BCUT2D eigenvalue weighted by molar-refractivity contribution is 5.91. The van der Waals surface area contributed by atoms with E-state index in [2.05, 4.69) is 10.3 Å². The fourth-order valence-electron chi connectivity index (χ4n) is 3.45. The Bertz CT molecular complexity index is 1140. The Hall–Kier alpha value is -3.15. The Kier molecular flexibility index (Phi) is 3.16. The van der Waals surface area contributed by atoms with Crippen molar-refractivity contribution >= 4 is 10.8 Å². The summed E-state index contributed by atoms with van der Waals surface area (Å²) >= 11 is 0. The summed E-state index contributed by atoms with van der Waals surface area (Å²) in [5, 5.41) is 20.6. The SMILES string of the molecule is Cc1c(-c2ccc3c(O)n(C4CC4)cc3c2)nnn1-c1ccccc1F. The van der Waals surface area contributed by atoms with Gasteiger partial charge in [0.25, 0.3) is 0 Å². The van der Waals surface area contributed by atoms with Gasteiger partial charge in [0, 0.05) is 28.6 Å². The second-order valence-corrected chi connectivity index (χ2v) is 6.78. The number of aromatic hydroxyl groups is 1. The first-order valence-electron chi connectivity index (χ1n) is 8.64. The second-order valence-electron chi connectivity index (χ2n) is 6.78. The van der Waals surface area contributed by atoms with Crippen LogP contribution in [0.1, 0.15) is 24.6 Å². The van der Waals surface area contributed by atoms with E-state index in [-0.39, 0.29) is 5.82 Å². The van der Waals surface area contributed by atoms with Crippen LogP contribution in [0.15, 0.2) is 48.7 Å². The number of para-hydroxylation sites is 1. The molecule has 2 aromatic carbocycles. The van der Waals surface area contributed by atoms with Gasteiger partial charge in [-0.15, -0.1) is 5.10 Å². The summed E-state index contributed by atoms with van der Waals surface area (Å²) in [6.45, 7) is 1.87. The first-order valence-corrected chi connectivity index (χ1v) is 8.64. The first kappa shape index (κ1) is 15.1. The van der Waals surface area contributed by atoms with E-state index in [1.54, 1.807) is 18.2 Å². The maximum atomic E-state index is 14.1. The third-order valence-corrected chi connectivity index (χ3v) is 5.00. The molecule has 1 aliphatic rings. The van der Waals surface area contributed by atoms with Crippen molar-refractivity contribution in [2.24, 2.45) is 0 Å². The van der Waals surface area contributed by atoms with Gasteiger partial charge in [0.05, 0.1) is 5.69 Å². The summed E-state index contributed by atoms with van der Waals surface area (Å²) in [5.41, 5.74) is 2.74. The number of hydrogen-bond donors (Lipinski definition) is 1. The van der Waals surface area contributed by atoms with Crippen LogP contribution in [0.2, 0.25) is 0 Å².